The van der Waals surface area contributed by atoms with Crippen molar-refractivity contribution in [3.05, 3.63) is 0 Å². The lowest BCUT2D eigenvalue weighted by Gasteiger charge is -2.34. The van der Waals surface area contributed by atoms with Crippen molar-refractivity contribution >= 4 is 11.9 Å². The highest BCUT2D eigenvalue weighted by Crippen LogP contribution is 2.44. The molecule has 1 spiro atoms. The summed E-state index contributed by atoms with van der Waals surface area (Å²) in [5.41, 5.74) is 4.05. The molecule has 2 atom stereocenters. The molecule has 0 aromatic rings. The van der Waals surface area contributed by atoms with E-state index in [-0.39, 0.29) is 18.8 Å². The summed E-state index contributed by atoms with van der Waals surface area (Å²) < 4.78 is 37.8. The number of hydrogen-bond acceptors (Lipinski definition) is 3. The fourth-order valence-electron chi connectivity index (χ4n) is 2.38. The summed E-state index contributed by atoms with van der Waals surface area (Å²) >= 11 is 0. The third-order valence-electron chi connectivity index (χ3n) is 3.19. The maximum Gasteiger partial charge on any atom is 0.391 e. The second-order valence-corrected chi connectivity index (χ2v) is 4.32. The molecule has 2 unspecified atom stereocenters. The minimum atomic E-state index is -4.26. The normalized spacial score (nSPS) is 35.1. The number of amides is 1. The molecule has 2 rings (SSSR count). The van der Waals surface area contributed by atoms with E-state index in [1.165, 1.54) is 0 Å². The molecule has 1 saturated carbocycles. The zero-order chi connectivity index (χ0) is 12.0. The van der Waals surface area contributed by atoms with Crippen LogP contribution in [0.5, 0.6) is 0 Å². The molecule has 16 heavy (non-hydrogen) atoms. The minimum absolute atomic E-state index is 0.0634. The van der Waals surface area contributed by atoms with Crippen molar-refractivity contribution in [2.45, 2.75) is 37.4 Å². The monoisotopic (exact) mass is 235 g/mol. The lowest BCUT2D eigenvalue weighted by molar-refractivity contribution is -0.187. The van der Waals surface area contributed by atoms with Gasteiger partial charge < -0.3 is 5.73 Å². The van der Waals surface area contributed by atoms with Crippen LogP contribution in [0.4, 0.5) is 13.2 Å². The molecular weight excluding hydrogens is 223 g/mol. The van der Waals surface area contributed by atoms with Gasteiger partial charge in [-0.2, -0.15) is 13.2 Å². The Hall–Kier alpha value is -1.27. The van der Waals surface area contributed by atoms with E-state index in [9.17, 15) is 18.0 Å². The van der Waals surface area contributed by atoms with E-state index in [1.807, 2.05) is 0 Å². The Bertz CT molecular complexity index is 352. The van der Waals surface area contributed by atoms with Crippen molar-refractivity contribution in [3.63, 3.8) is 0 Å². The van der Waals surface area contributed by atoms with E-state index in [1.54, 1.807) is 0 Å². The molecule has 0 aromatic heterocycles. The zero-order valence-electron chi connectivity index (χ0n) is 8.47. The summed E-state index contributed by atoms with van der Waals surface area (Å²) in [4.78, 5) is 15.4. The number of carbonyl (C=O) groups is 1. The minimum Gasteiger partial charge on any atom is -0.370 e. The lowest BCUT2D eigenvalue weighted by atomic mass is 9.75. The molecule has 0 radical (unpaired) electrons. The molecule has 1 fully saturated rings. The molecule has 0 aromatic carbocycles. The molecule has 0 saturated heterocycles. The average Bonchev–Trinajstić information content (AvgIpc) is 2.40. The summed E-state index contributed by atoms with van der Waals surface area (Å²) in [5.74, 6) is -2.03. The number of guanidine groups is 1. The molecule has 1 heterocycles. The van der Waals surface area contributed by atoms with Gasteiger partial charge in [-0.05, 0) is 25.7 Å². The number of hydrogen-bond donors (Lipinski definition) is 2. The molecule has 0 bridgehead atoms. The Morgan fingerprint density at radius 1 is 1.50 bits per heavy atom. The van der Waals surface area contributed by atoms with Gasteiger partial charge in [0.05, 0.1) is 5.92 Å². The van der Waals surface area contributed by atoms with E-state index in [0.717, 1.165) is 0 Å². The number of halogens is 3. The van der Waals surface area contributed by atoms with Crippen LogP contribution in [-0.4, -0.2) is 23.6 Å². The number of nitrogens with one attached hydrogen (secondary N) is 1. The standard InChI is InChI=1S/C9H12F3N3O/c10-9(11,12)5-2-1-3-8(4-5)6(16)14-7(13)15-8/h5H,1-4H2,(H3,13,14,15,16). The van der Waals surface area contributed by atoms with E-state index < -0.39 is 23.5 Å². The third kappa shape index (κ3) is 1.74. The summed E-state index contributed by atoms with van der Waals surface area (Å²) in [7, 11) is 0. The van der Waals surface area contributed by atoms with E-state index in [4.69, 9.17) is 5.73 Å². The van der Waals surface area contributed by atoms with Crippen LogP contribution in [-0.2, 0) is 4.79 Å². The second-order valence-electron chi connectivity index (χ2n) is 4.32. The van der Waals surface area contributed by atoms with Crippen molar-refractivity contribution < 1.29 is 18.0 Å². The largest absolute Gasteiger partial charge is 0.391 e. The smallest absolute Gasteiger partial charge is 0.370 e. The van der Waals surface area contributed by atoms with Gasteiger partial charge in [0.25, 0.3) is 5.91 Å². The number of rotatable bonds is 0. The van der Waals surface area contributed by atoms with Gasteiger partial charge in [-0.1, -0.05) is 0 Å². The van der Waals surface area contributed by atoms with Gasteiger partial charge in [-0.15, -0.1) is 0 Å². The number of alkyl halides is 3. The van der Waals surface area contributed by atoms with Gasteiger partial charge in [-0.3, -0.25) is 10.1 Å². The first-order valence-electron chi connectivity index (χ1n) is 5.07. The molecule has 3 N–H and O–H groups in total. The van der Waals surface area contributed by atoms with Crippen LogP contribution in [0.3, 0.4) is 0 Å². The van der Waals surface area contributed by atoms with Gasteiger partial charge in [0.2, 0.25) is 0 Å². The van der Waals surface area contributed by atoms with Crippen LogP contribution in [0, 0.1) is 5.92 Å². The summed E-state index contributed by atoms with van der Waals surface area (Å²) in [6.07, 6.45) is -3.81. The lowest BCUT2D eigenvalue weighted by Crippen LogP contribution is -2.46. The van der Waals surface area contributed by atoms with Crippen LogP contribution in [0.25, 0.3) is 0 Å². The topological polar surface area (TPSA) is 67.5 Å². The molecule has 1 aliphatic heterocycles. The van der Waals surface area contributed by atoms with Crippen LogP contribution >= 0.6 is 0 Å². The Kier molecular flexibility index (Phi) is 2.36. The Morgan fingerprint density at radius 3 is 2.69 bits per heavy atom. The van der Waals surface area contributed by atoms with Gasteiger partial charge in [0.1, 0.15) is 5.54 Å². The van der Waals surface area contributed by atoms with Crippen molar-refractivity contribution in [3.8, 4) is 0 Å². The van der Waals surface area contributed by atoms with Gasteiger partial charge >= 0.3 is 6.18 Å². The van der Waals surface area contributed by atoms with Crippen molar-refractivity contribution in [2.24, 2.45) is 16.6 Å². The maximum atomic E-state index is 12.6. The first-order valence-corrected chi connectivity index (χ1v) is 5.07. The Labute approximate surface area is 90.1 Å². The molecule has 1 amide bonds. The van der Waals surface area contributed by atoms with E-state index in [0.29, 0.717) is 12.8 Å². The quantitative estimate of drug-likeness (QED) is 0.655. The molecule has 4 nitrogen and oxygen atoms in total. The van der Waals surface area contributed by atoms with Crippen LogP contribution < -0.4 is 11.1 Å². The number of carbonyl (C=O) groups excluding carboxylic acids is 1. The Morgan fingerprint density at radius 2 is 2.19 bits per heavy atom. The Balaban J connectivity index is 2.22. The third-order valence-corrected chi connectivity index (χ3v) is 3.19. The van der Waals surface area contributed by atoms with E-state index >= 15 is 0 Å². The van der Waals surface area contributed by atoms with Gasteiger partial charge in [0.15, 0.2) is 5.96 Å². The molecule has 7 heteroatoms. The van der Waals surface area contributed by atoms with Crippen LogP contribution in [0.1, 0.15) is 25.7 Å². The van der Waals surface area contributed by atoms with Crippen LogP contribution in [0.2, 0.25) is 0 Å². The molecule has 2 aliphatic rings. The average molecular weight is 235 g/mol. The second kappa shape index (κ2) is 3.36. The van der Waals surface area contributed by atoms with Crippen molar-refractivity contribution in [1.82, 2.24) is 5.32 Å². The predicted molar refractivity (Wildman–Crippen MR) is 50.5 cm³/mol. The van der Waals surface area contributed by atoms with Gasteiger partial charge in [-0.25, -0.2) is 4.99 Å². The fourth-order valence-corrected chi connectivity index (χ4v) is 2.38. The maximum absolute atomic E-state index is 12.6. The highest BCUT2D eigenvalue weighted by atomic mass is 19.4. The number of nitrogens with zero attached hydrogens (tertiary/aromatic N) is 1. The highest BCUT2D eigenvalue weighted by Gasteiger charge is 2.53. The SMILES string of the molecule is NC1=NC2(CCCC(C(F)(F)F)C2)C(=O)N1. The fraction of sp³-hybridized carbons (Fsp3) is 0.778. The first-order chi connectivity index (χ1) is 7.33. The summed E-state index contributed by atoms with van der Waals surface area (Å²) in [5, 5.41) is 2.27. The summed E-state index contributed by atoms with van der Waals surface area (Å²) in [6, 6.07) is 0. The molecular formula is C9H12F3N3O. The predicted octanol–water partition coefficient (Wildman–Crippen LogP) is 0.922. The molecule has 90 valence electrons. The van der Waals surface area contributed by atoms with Gasteiger partial charge in [0, 0.05) is 0 Å². The van der Waals surface area contributed by atoms with Crippen LogP contribution in [0.15, 0.2) is 4.99 Å². The van der Waals surface area contributed by atoms with Crippen molar-refractivity contribution in [2.75, 3.05) is 0 Å². The first kappa shape index (κ1) is 11.2. The van der Waals surface area contributed by atoms with Crippen molar-refractivity contribution in [1.29, 1.82) is 0 Å². The number of aliphatic imine (C=N–C) groups is 1. The van der Waals surface area contributed by atoms with E-state index in [2.05, 4.69) is 10.3 Å². The highest BCUT2D eigenvalue weighted by molar-refractivity contribution is 6.06. The zero-order valence-corrected chi connectivity index (χ0v) is 8.47. The summed E-state index contributed by atoms with van der Waals surface area (Å²) in [6.45, 7) is 0. The molecule has 1 aliphatic carbocycles. The number of nitrogens with two attached hydrogens (primary N) is 1.